The van der Waals surface area contributed by atoms with Gasteiger partial charge in [-0.3, -0.25) is 9.36 Å². The minimum Gasteiger partial charge on any atom is -0.494 e. The topological polar surface area (TPSA) is 74.8 Å². The molecule has 0 N–H and O–H groups in total. The van der Waals surface area contributed by atoms with Crippen LogP contribution in [0.1, 0.15) is 49.1 Å². The Balaban J connectivity index is 1.53. The number of fused-ring (bicyclic) bond motifs is 2. The van der Waals surface area contributed by atoms with Gasteiger partial charge in [-0.2, -0.15) is 0 Å². The van der Waals surface area contributed by atoms with Crippen molar-refractivity contribution >= 4 is 34.3 Å². The smallest absolute Gasteiger partial charge is 0.338 e. The van der Waals surface area contributed by atoms with Crippen molar-refractivity contribution in [1.29, 1.82) is 0 Å². The van der Waals surface area contributed by atoms with Crippen LogP contribution in [-0.2, 0) is 16.1 Å². The molecule has 0 aliphatic carbocycles. The molecule has 0 fully saturated rings. The van der Waals surface area contributed by atoms with Crippen LogP contribution < -0.4 is 19.6 Å². The summed E-state index contributed by atoms with van der Waals surface area (Å²) in [6.45, 7) is 8.94. The number of ether oxygens (including phenoxy) is 2. The van der Waals surface area contributed by atoms with Crippen molar-refractivity contribution in [3.63, 3.8) is 0 Å². The highest BCUT2D eigenvalue weighted by Gasteiger charge is 2.35. The number of aryl methyl sites for hydroxylation is 1. The molecule has 1 atom stereocenters. The maximum absolute atomic E-state index is 14.2. The number of hydrogen-bond acceptors (Lipinski definition) is 6. The Labute approximate surface area is 253 Å². The van der Waals surface area contributed by atoms with Crippen molar-refractivity contribution in [2.45, 2.75) is 40.3 Å². The summed E-state index contributed by atoms with van der Waals surface area (Å²) < 4.78 is 15.8. The van der Waals surface area contributed by atoms with Gasteiger partial charge in [-0.15, -0.1) is 0 Å². The van der Waals surface area contributed by atoms with E-state index in [2.05, 4.69) is 54.1 Å². The van der Waals surface area contributed by atoms with Crippen molar-refractivity contribution in [1.82, 2.24) is 9.13 Å². The van der Waals surface area contributed by atoms with E-state index in [4.69, 9.17) is 14.5 Å². The van der Waals surface area contributed by atoms with E-state index in [-0.39, 0.29) is 12.2 Å². The lowest BCUT2D eigenvalue weighted by Gasteiger charge is -2.26. The van der Waals surface area contributed by atoms with Gasteiger partial charge in [0.25, 0.3) is 5.56 Å². The summed E-state index contributed by atoms with van der Waals surface area (Å²) in [5, 5.41) is 1.06. The summed E-state index contributed by atoms with van der Waals surface area (Å²) in [7, 11) is 0. The molecular weight excluding hydrogens is 558 g/mol. The van der Waals surface area contributed by atoms with Crippen LogP contribution in [0, 0.1) is 6.92 Å². The molecule has 0 spiro atoms. The first kappa shape index (κ1) is 28.4. The zero-order valence-corrected chi connectivity index (χ0v) is 25.5. The average molecular weight is 592 g/mol. The van der Waals surface area contributed by atoms with Crippen LogP contribution >= 0.6 is 11.3 Å². The fraction of sp³-hybridized carbons (Fsp3) is 0.229. The van der Waals surface area contributed by atoms with Gasteiger partial charge < -0.3 is 14.0 Å². The maximum atomic E-state index is 14.2. The molecule has 0 bridgehead atoms. The van der Waals surface area contributed by atoms with E-state index in [1.165, 1.54) is 22.5 Å². The van der Waals surface area contributed by atoms with Gasteiger partial charge in [0, 0.05) is 34.8 Å². The molecule has 0 unspecified atom stereocenters. The number of carbonyl (C=O) groups is 1. The second kappa shape index (κ2) is 11.9. The molecule has 0 saturated heterocycles. The van der Waals surface area contributed by atoms with Crippen LogP contribution in [0.25, 0.3) is 17.0 Å². The lowest BCUT2D eigenvalue weighted by molar-refractivity contribution is -0.139. The van der Waals surface area contributed by atoms with Gasteiger partial charge in [0.1, 0.15) is 11.8 Å². The van der Waals surface area contributed by atoms with E-state index in [0.717, 1.165) is 16.5 Å². The Morgan fingerprint density at radius 2 is 1.79 bits per heavy atom. The van der Waals surface area contributed by atoms with Gasteiger partial charge in [0.05, 0.1) is 29.0 Å². The van der Waals surface area contributed by atoms with Gasteiger partial charge in [-0.05, 0) is 51.5 Å². The summed E-state index contributed by atoms with van der Waals surface area (Å²) in [6, 6.07) is 23.5. The van der Waals surface area contributed by atoms with Gasteiger partial charge >= 0.3 is 5.97 Å². The summed E-state index contributed by atoms with van der Waals surface area (Å²) in [5.41, 5.74) is 5.82. The molecule has 0 radical (unpaired) electrons. The predicted molar refractivity (Wildman–Crippen MR) is 170 cm³/mol. The quantitative estimate of drug-likeness (QED) is 0.223. The third-order valence-electron chi connectivity index (χ3n) is 7.57. The first-order chi connectivity index (χ1) is 20.9. The number of rotatable bonds is 8. The van der Waals surface area contributed by atoms with E-state index in [9.17, 15) is 9.59 Å². The lowest BCUT2D eigenvalue weighted by atomic mass is 9.95. The number of para-hydroxylation sites is 2. The zero-order valence-electron chi connectivity index (χ0n) is 24.7. The van der Waals surface area contributed by atoms with Crippen molar-refractivity contribution in [2.24, 2.45) is 4.99 Å². The van der Waals surface area contributed by atoms with Crippen molar-refractivity contribution < 1.29 is 14.3 Å². The molecule has 2 aromatic heterocycles. The van der Waals surface area contributed by atoms with Crippen LogP contribution in [0.2, 0.25) is 0 Å². The number of nitrogens with zero attached hydrogens (tertiary/aromatic N) is 3. The van der Waals surface area contributed by atoms with E-state index >= 15 is 0 Å². The second-order valence-corrected chi connectivity index (χ2v) is 11.5. The summed E-state index contributed by atoms with van der Waals surface area (Å²) >= 11 is 1.32. The van der Waals surface area contributed by atoms with Crippen LogP contribution in [-0.4, -0.2) is 28.3 Å². The highest BCUT2D eigenvalue weighted by molar-refractivity contribution is 7.07. The SMILES string of the molecule is CCOC(=O)C1=C(C)N=c2s/c(=C\c3cn(Cc4cccc(C)c4)c4ccccc34)c(=O)n2[C@H]1c1ccccc1OCC. The third kappa shape index (κ3) is 5.34. The molecule has 218 valence electrons. The number of benzene rings is 3. The summed E-state index contributed by atoms with van der Waals surface area (Å²) in [4.78, 5) is 32.8. The van der Waals surface area contributed by atoms with Gasteiger partial charge in [0.2, 0.25) is 0 Å². The first-order valence-electron chi connectivity index (χ1n) is 14.4. The number of thiazole rings is 1. The minimum absolute atomic E-state index is 0.215. The molecule has 1 aliphatic rings. The Morgan fingerprint density at radius 1 is 1.00 bits per heavy atom. The lowest BCUT2D eigenvalue weighted by Crippen LogP contribution is -2.40. The maximum Gasteiger partial charge on any atom is 0.338 e. The summed E-state index contributed by atoms with van der Waals surface area (Å²) in [5.74, 6) is 0.119. The molecule has 0 amide bonds. The predicted octanol–water partition coefficient (Wildman–Crippen LogP) is 5.51. The number of esters is 1. The number of hydrogen-bond donors (Lipinski definition) is 0. The molecule has 1 aliphatic heterocycles. The summed E-state index contributed by atoms with van der Waals surface area (Å²) in [6.07, 6.45) is 4.04. The molecule has 6 rings (SSSR count). The van der Waals surface area contributed by atoms with E-state index in [1.54, 1.807) is 18.4 Å². The molecule has 43 heavy (non-hydrogen) atoms. The number of allylic oxidation sites excluding steroid dienone is 1. The third-order valence-corrected chi connectivity index (χ3v) is 8.55. The number of carbonyl (C=O) groups excluding carboxylic acids is 1. The monoisotopic (exact) mass is 591 g/mol. The first-order valence-corrected chi connectivity index (χ1v) is 15.3. The van der Waals surface area contributed by atoms with Crippen LogP contribution in [0.3, 0.4) is 0 Å². The van der Waals surface area contributed by atoms with E-state index in [1.807, 2.05) is 49.4 Å². The standard InChI is InChI=1S/C35H33N3O4S/c1-5-41-29-17-10-8-15-27(29)32-31(34(40)42-6-2)23(4)36-35-38(32)33(39)30(43-35)19-25-21-37(28-16-9-7-14-26(25)28)20-24-13-11-12-22(3)18-24/h7-19,21,32H,5-6,20H2,1-4H3/b30-19-/t32-/m0/s1. The molecule has 8 heteroatoms. The van der Waals surface area contributed by atoms with Crippen molar-refractivity contribution in [2.75, 3.05) is 13.2 Å². The Hall–Kier alpha value is -4.69. The van der Waals surface area contributed by atoms with Crippen molar-refractivity contribution in [3.05, 3.63) is 132 Å². The van der Waals surface area contributed by atoms with Crippen LogP contribution in [0.5, 0.6) is 5.75 Å². The van der Waals surface area contributed by atoms with Gasteiger partial charge in [-0.25, -0.2) is 9.79 Å². The van der Waals surface area contributed by atoms with Gasteiger partial charge in [0.15, 0.2) is 4.80 Å². The Kier molecular flexibility index (Phi) is 7.86. The van der Waals surface area contributed by atoms with E-state index < -0.39 is 12.0 Å². The van der Waals surface area contributed by atoms with Crippen LogP contribution in [0.15, 0.2) is 100 Å². The second-order valence-electron chi connectivity index (χ2n) is 10.5. The van der Waals surface area contributed by atoms with Crippen molar-refractivity contribution in [3.8, 4) is 5.75 Å². The normalized spacial score (nSPS) is 15.0. The highest BCUT2D eigenvalue weighted by Crippen LogP contribution is 2.36. The molecule has 7 nitrogen and oxygen atoms in total. The largest absolute Gasteiger partial charge is 0.494 e. The Morgan fingerprint density at radius 3 is 2.58 bits per heavy atom. The fourth-order valence-corrected chi connectivity index (χ4v) is 6.79. The molecular formula is C35H33N3O4S. The highest BCUT2D eigenvalue weighted by atomic mass is 32.1. The van der Waals surface area contributed by atoms with E-state index in [0.29, 0.717) is 45.1 Å². The number of aromatic nitrogens is 2. The van der Waals surface area contributed by atoms with Gasteiger partial charge in [-0.1, -0.05) is 77.6 Å². The zero-order chi connectivity index (χ0) is 30.1. The molecule has 3 heterocycles. The fourth-order valence-electron chi connectivity index (χ4n) is 5.75. The average Bonchev–Trinajstić information content (AvgIpc) is 3.49. The molecule has 0 saturated carbocycles. The minimum atomic E-state index is -0.733. The molecule has 3 aromatic carbocycles. The van der Waals surface area contributed by atoms with Crippen LogP contribution in [0.4, 0.5) is 0 Å². The Bertz CT molecular complexity index is 2060. The molecule has 5 aromatic rings.